The lowest BCUT2D eigenvalue weighted by atomic mass is 10.2. The average Bonchev–Trinajstić information content (AvgIpc) is 3.41. The van der Waals surface area contributed by atoms with Gasteiger partial charge in [0.05, 0.1) is 6.26 Å². The third-order valence-corrected chi connectivity index (χ3v) is 5.36. The van der Waals surface area contributed by atoms with E-state index in [1.165, 1.54) is 18.0 Å². The second-order valence-electron chi connectivity index (χ2n) is 7.44. The van der Waals surface area contributed by atoms with E-state index in [0.717, 1.165) is 19.6 Å². The minimum Gasteiger partial charge on any atom is -0.461 e. The van der Waals surface area contributed by atoms with Crippen molar-refractivity contribution in [3.8, 4) is 0 Å². The van der Waals surface area contributed by atoms with E-state index in [1.807, 2.05) is 23.1 Å². The molecule has 152 valence electrons. The molecule has 1 unspecified atom stereocenters. The molecule has 0 aliphatic carbocycles. The molecular formula is C21H22N7O2+. The van der Waals surface area contributed by atoms with Gasteiger partial charge in [-0.2, -0.15) is 4.99 Å². The highest BCUT2D eigenvalue weighted by Gasteiger charge is 2.41. The molecule has 1 atom stereocenters. The van der Waals surface area contributed by atoms with Gasteiger partial charge in [-0.15, -0.1) is 5.84 Å². The number of rotatable bonds is 4. The number of piperazine rings is 1. The summed E-state index contributed by atoms with van der Waals surface area (Å²) in [7, 11) is 0. The van der Waals surface area contributed by atoms with Gasteiger partial charge >= 0.3 is 0 Å². The van der Waals surface area contributed by atoms with Gasteiger partial charge in [0.15, 0.2) is 17.7 Å². The van der Waals surface area contributed by atoms with Crippen molar-refractivity contribution in [3.05, 3.63) is 71.9 Å². The van der Waals surface area contributed by atoms with Crippen LogP contribution in [-0.4, -0.2) is 64.5 Å². The van der Waals surface area contributed by atoms with Crippen LogP contribution in [0.25, 0.3) is 0 Å². The molecule has 9 nitrogen and oxygen atoms in total. The quantitative estimate of drug-likeness (QED) is 0.613. The Bertz CT molecular complexity index is 1060. The van der Waals surface area contributed by atoms with Gasteiger partial charge in [0.2, 0.25) is 0 Å². The van der Waals surface area contributed by atoms with Crippen molar-refractivity contribution >= 4 is 23.8 Å². The van der Waals surface area contributed by atoms with Crippen molar-refractivity contribution in [3.63, 3.8) is 0 Å². The van der Waals surface area contributed by atoms with Gasteiger partial charge in [-0.25, -0.2) is 4.99 Å². The first kappa shape index (κ1) is 18.6. The Morgan fingerprint density at radius 3 is 2.63 bits per heavy atom. The van der Waals surface area contributed by atoms with Gasteiger partial charge in [-0.05, 0) is 27.5 Å². The minimum atomic E-state index is -0.436. The maximum Gasteiger partial charge on any atom is 0.300 e. The number of amidine groups is 2. The summed E-state index contributed by atoms with van der Waals surface area (Å²) in [6, 6.07) is 13.9. The topological polar surface area (TPSA) is 99.8 Å². The van der Waals surface area contributed by atoms with Crippen LogP contribution in [0.1, 0.15) is 11.3 Å². The van der Waals surface area contributed by atoms with Crippen LogP contribution in [0.5, 0.6) is 0 Å². The molecule has 1 fully saturated rings. The number of carbonyl (C=O) groups excluding carboxylic acids is 1. The molecule has 3 aliphatic heterocycles. The van der Waals surface area contributed by atoms with Gasteiger partial charge in [0.1, 0.15) is 6.21 Å². The normalized spacial score (nSPS) is 23.6. The summed E-state index contributed by atoms with van der Waals surface area (Å²) in [5.41, 5.74) is 1.55. The Labute approximate surface area is 173 Å². The minimum absolute atomic E-state index is 0.144. The molecule has 1 aromatic heterocycles. The van der Waals surface area contributed by atoms with E-state index in [4.69, 9.17) is 10.3 Å². The van der Waals surface area contributed by atoms with Gasteiger partial charge in [0.25, 0.3) is 17.6 Å². The lowest BCUT2D eigenvalue weighted by molar-refractivity contribution is -0.803. The summed E-state index contributed by atoms with van der Waals surface area (Å²) in [6.45, 7) is 3.80. The maximum atomic E-state index is 13.0. The van der Waals surface area contributed by atoms with Crippen molar-refractivity contribution in [1.82, 2.24) is 9.80 Å². The summed E-state index contributed by atoms with van der Waals surface area (Å²) in [4.78, 5) is 25.8. The zero-order valence-corrected chi connectivity index (χ0v) is 16.4. The fourth-order valence-electron chi connectivity index (χ4n) is 3.72. The van der Waals surface area contributed by atoms with Crippen molar-refractivity contribution < 1.29 is 13.9 Å². The Morgan fingerprint density at radius 2 is 1.90 bits per heavy atom. The molecule has 1 saturated heterocycles. The molecule has 0 bridgehead atoms. The monoisotopic (exact) mass is 404 g/mol. The highest BCUT2D eigenvalue weighted by atomic mass is 16.3. The molecule has 4 heterocycles. The van der Waals surface area contributed by atoms with E-state index in [9.17, 15) is 4.79 Å². The van der Waals surface area contributed by atoms with Gasteiger partial charge in [-0.3, -0.25) is 9.69 Å². The van der Waals surface area contributed by atoms with Crippen LogP contribution in [-0.2, 0) is 11.3 Å². The standard InChI is InChI=1S/C21H22N7O2/c22-28-15-17(23-13-19(28)24-20(25-28)18-7-4-12-30-18)21(29)27-10-8-26(9-11-27)14-16-5-2-1-3-6-16/h1-7,12-13,15H,8-11,14,22H2/q+1. The van der Waals surface area contributed by atoms with Crippen LogP contribution in [0.2, 0.25) is 0 Å². The van der Waals surface area contributed by atoms with Gasteiger partial charge in [-0.1, -0.05) is 30.3 Å². The number of hydrogen-bond acceptors (Lipinski definition) is 7. The molecule has 0 spiro atoms. The van der Waals surface area contributed by atoms with Crippen LogP contribution in [0.3, 0.4) is 0 Å². The highest BCUT2D eigenvalue weighted by Crippen LogP contribution is 2.22. The van der Waals surface area contributed by atoms with Crippen molar-refractivity contribution in [2.45, 2.75) is 6.54 Å². The molecule has 1 amide bonds. The first-order valence-electron chi connectivity index (χ1n) is 9.84. The van der Waals surface area contributed by atoms with Crippen LogP contribution in [0.4, 0.5) is 0 Å². The lowest BCUT2D eigenvalue weighted by Gasteiger charge is -2.35. The Kier molecular flexibility index (Phi) is 4.62. The first-order valence-corrected chi connectivity index (χ1v) is 9.84. The third-order valence-electron chi connectivity index (χ3n) is 5.36. The average molecular weight is 404 g/mol. The van der Waals surface area contributed by atoms with E-state index in [2.05, 4.69) is 32.1 Å². The smallest absolute Gasteiger partial charge is 0.300 e. The zero-order chi connectivity index (χ0) is 20.6. The molecule has 2 aromatic rings. The van der Waals surface area contributed by atoms with E-state index in [1.54, 1.807) is 18.4 Å². The van der Waals surface area contributed by atoms with Crippen LogP contribution in [0.15, 0.2) is 80.1 Å². The predicted molar refractivity (Wildman–Crippen MR) is 112 cm³/mol. The molecular weight excluding hydrogens is 382 g/mol. The number of hydrogen-bond donors (Lipinski definition) is 1. The number of amides is 1. The summed E-state index contributed by atoms with van der Waals surface area (Å²) >= 11 is 0. The number of nitrogens with two attached hydrogens (primary N) is 1. The Balaban J connectivity index is 1.25. The number of benzene rings is 1. The van der Waals surface area contributed by atoms with Crippen molar-refractivity contribution in [2.75, 3.05) is 26.2 Å². The van der Waals surface area contributed by atoms with Crippen LogP contribution < -0.4 is 5.84 Å². The highest BCUT2D eigenvalue weighted by molar-refractivity contribution is 6.31. The fourth-order valence-corrected chi connectivity index (χ4v) is 3.72. The number of nitrogens with zero attached hydrogens (tertiary/aromatic N) is 6. The summed E-state index contributed by atoms with van der Waals surface area (Å²) in [5.74, 6) is 7.54. The molecule has 9 heteroatoms. The van der Waals surface area contributed by atoms with Gasteiger partial charge in [0, 0.05) is 32.7 Å². The van der Waals surface area contributed by atoms with Crippen molar-refractivity contribution in [2.24, 2.45) is 20.9 Å². The third kappa shape index (κ3) is 3.50. The predicted octanol–water partition coefficient (Wildman–Crippen LogP) is 1.31. The van der Waals surface area contributed by atoms with Crippen molar-refractivity contribution in [1.29, 1.82) is 0 Å². The number of furan rings is 1. The van der Waals surface area contributed by atoms with Gasteiger partial charge < -0.3 is 9.32 Å². The van der Waals surface area contributed by atoms with Crippen LogP contribution >= 0.6 is 0 Å². The Morgan fingerprint density at radius 1 is 1.10 bits per heavy atom. The Hall–Kier alpha value is -3.40. The molecule has 1 aromatic carbocycles. The molecule has 2 N–H and O–H groups in total. The van der Waals surface area contributed by atoms with E-state index < -0.39 is 4.70 Å². The summed E-state index contributed by atoms with van der Waals surface area (Å²) in [6.07, 6.45) is 4.58. The van der Waals surface area contributed by atoms with E-state index in [0.29, 0.717) is 30.5 Å². The molecule has 3 aliphatic rings. The van der Waals surface area contributed by atoms with E-state index in [-0.39, 0.29) is 11.6 Å². The number of carbonyl (C=O) groups is 1. The van der Waals surface area contributed by atoms with Crippen LogP contribution in [0, 0.1) is 0 Å². The zero-order valence-electron chi connectivity index (χ0n) is 16.4. The summed E-state index contributed by atoms with van der Waals surface area (Å²) < 4.78 is 4.91. The maximum absolute atomic E-state index is 13.0. The number of fused-ring (bicyclic) bond motifs is 1. The molecule has 5 rings (SSSR count). The van der Waals surface area contributed by atoms with E-state index >= 15 is 0 Å². The lowest BCUT2D eigenvalue weighted by Crippen LogP contribution is -2.52. The number of quaternary nitrogens is 1. The molecule has 0 saturated carbocycles. The second kappa shape index (κ2) is 7.45. The first-order chi connectivity index (χ1) is 14.6. The largest absolute Gasteiger partial charge is 0.461 e. The number of aliphatic imine (C=N–C) groups is 2. The molecule has 30 heavy (non-hydrogen) atoms. The summed E-state index contributed by atoms with van der Waals surface area (Å²) in [5, 5.41) is 4.41. The fraction of sp³-hybridized carbons (Fsp3) is 0.238. The second-order valence-corrected chi connectivity index (χ2v) is 7.44. The molecule has 0 radical (unpaired) electrons. The SMILES string of the molecule is N[N+]12C=C(C(=O)N3CCN(Cc4ccccc4)CC3)N=CC1=NC(c1ccco1)=N2.